The fraction of sp³-hybridized carbons (Fsp3) is 0.393. The van der Waals surface area contributed by atoms with E-state index in [2.05, 4.69) is 51.7 Å². The molecule has 0 aliphatic carbocycles. The Kier molecular flexibility index (Phi) is 8.72. The number of methoxy groups -OCH3 is 3. The van der Waals surface area contributed by atoms with Crippen molar-refractivity contribution in [1.82, 2.24) is 10.2 Å². The molecule has 36 heavy (non-hydrogen) atoms. The van der Waals surface area contributed by atoms with Gasteiger partial charge < -0.3 is 24.4 Å². The highest BCUT2D eigenvalue weighted by Crippen LogP contribution is 2.31. The molecule has 8 heteroatoms. The minimum absolute atomic E-state index is 0.00635. The van der Waals surface area contributed by atoms with Crippen molar-refractivity contribution in [1.29, 1.82) is 0 Å². The highest BCUT2D eigenvalue weighted by molar-refractivity contribution is 7.10. The van der Waals surface area contributed by atoms with Crippen molar-refractivity contribution in [2.45, 2.75) is 25.4 Å². The maximum absolute atomic E-state index is 13.0. The maximum Gasteiger partial charge on any atom is 0.224 e. The van der Waals surface area contributed by atoms with E-state index in [1.54, 1.807) is 32.7 Å². The molecule has 1 aromatic heterocycles. The number of ether oxygens (including phenoxy) is 3. The van der Waals surface area contributed by atoms with Crippen LogP contribution >= 0.6 is 11.3 Å². The molecule has 1 saturated heterocycles. The van der Waals surface area contributed by atoms with Crippen molar-refractivity contribution in [3.63, 3.8) is 0 Å². The van der Waals surface area contributed by atoms with E-state index in [1.165, 1.54) is 10.6 Å². The number of nitrogens with zero attached hydrogens (tertiary/aromatic N) is 2. The third-order valence-corrected chi connectivity index (χ3v) is 7.60. The van der Waals surface area contributed by atoms with Gasteiger partial charge in [-0.2, -0.15) is 0 Å². The van der Waals surface area contributed by atoms with Gasteiger partial charge in [0.1, 0.15) is 5.75 Å². The van der Waals surface area contributed by atoms with E-state index in [1.807, 2.05) is 30.3 Å². The number of anilines is 1. The highest BCUT2D eigenvalue weighted by atomic mass is 32.1. The molecule has 3 aromatic rings. The smallest absolute Gasteiger partial charge is 0.224 e. The van der Waals surface area contributed by atoms with Gasteiger partial charge in [0.05, 0.1) is 33.8 Å². The van der Waals surface area contributed by atoms with Gasteiger partial charge in [-0.1, -0.05) is 12.1 Å². The molecule has 0 unspecified atom stereocenters. The monoisotopic (exact) mass is 509 g/mol. The Bertz CT molecular complexity index is 1110. The predicted molar refractivity (Wildman–Crippen MR) is 145 cm³/mol. The number of benzene rings is 2. The Morgan fingerprint density at radius 2 is 1.67 bits per heavy atom. The molecule has 0 spiro atoms. The zero-order valence-corrected chi connectivity index (χ0v) is 22.2. The van der Waals surface area contributed by atoms with Crippen molar-refractivity contribution in [3.8, 4) is 17.2 Å². The summed E-state index contributed by atoms with van der Waals surface area (Å²) in [5, 5.41) is 5.37. The van der Waals surface area contributed by atoms with Crippen molar-refractivity contribution >= 4 is 22.9 Å². The van der Waals surface area contributed by atoms with E-state index in [-0.39, 0.29) is 24.4 Å². The average Bonchev–Trinajstić information content (AvgIpc) is 3.43. The van der Waals surface area contributed by atoms with E-state index in [9.17, 15) is 4.79 Å². The molecule has 1 N–H and O–H groups in total. The van der Waals surface area contributed by atoms with Crippen LogP contribution in [0.1, 0.15) is 23.4 Å². The van der Waals surface area contributed by atoms with Crippen molar-refractivity contribution in [2.75, 3.05) is 52.4 Å². The molecule has 1 aliphatic heterocycles. The summed E-state index contributed by atoms with van der Waals surface area (Å²) in [5.41, 5.74) is 2.09. The van der Waals surface area contributed by atoms with Crippen molar-refractivity contribution < 1.29 is 19.0 Å². The van der Waals surface area contributed by atoms with E-state index in [0.29, 0.717) is 11.5 Å². The third-order valence-electron chi connectivity index (χ3n) is 6.65. The summed E-state index contributed by atoms with van der Waals surface area (Å²) in [6.07, 6.45) is 0.285. The molecule has 0 bridgehead atoms. The van der Waals surface area contributed by atoms with Crippen molar-refractivity contribution in [3.05, 3.63) is 70.4 Å². The van der Waals surface area contributed by atoms with Crippen LogP contribution in [0.15, 0.2) is 60.0 Å². The van der Waals surface area contributed by atoms with Gasteiger partial charge >= 0.3 is 0 Å². The maximum atomic E-state index is 13.0. The number of piperazine rings is 1. The second-order valence-corrected chi connectivity index (χ2v) is 9.88. The molecule has 7 nitrogen and oxygen atoms in total. The summed E-state index contributed by atoms with van der Waals surface area (Å²) in [4.78, 5) is 19.2. The van der Waals surface area contributed by atoms with Gasteiger partial charge in [0, 0.05) is 42.8 Å². The van der Waals surface area contributed by atoms with Gasteiger partial charge in [0.2, 0.25) is 5.91 Å². The molecule has 1 fully saturated rings. The fourth-order valence-corrected chi connectivity index (χ4v) is 5.78. The minimum atomic E-state index is -0.0381. The van der Waals surface area contributed by atoms with E-state index >= 15 is 0 Å². The average molecular weight is 510 g/mol. The lowest BCUT2D eigenvalue weighted by Crippen LogP contribution is -2.52. The SMILES string of the molecule is COc1ccc(N2CCN([C@H](c3cccs3)[C@H](C)NC(=O)Cc3ccc(OC)c(OC)c3)CC2)cc1. The third kappa shape index (κ3) is 6.12. The van der Waals surface area contributed by atoms with Gasteiger partial charge in [0.15, 0.2) is 11.5 Å². The Balaban J connectivity index is 1.40. The molecule has 2 heterocycles. The molecule has 192 valence electrons. The lowest BCUT2D eigenvalue weighted by atomic mass is 10.0. The molecular weight excluding hydrogens is 474 g/mol. The molecule has 0 saturated carbocycles. The summed E-state index contributed by atoms with van der Waals surface area (Å²) >= 11 is 1.74. The lowest BCUT2D eigenvalue weighted by molar-refractivity contribution is -0.121. The van der Waals surface area contributed by atoms with Gasteiger partial charge in [0.25, 0.3) is 0 Å². The number of carbonyl (C=O) groups excluding carboxylic acids is 1. The standard InChI is InChI=1S/C28H35N3O4S/c1-20(29-27(32)19-21-7-12-24(34-3)25(18-21)35-4)28(26-6-5-17-36-26)31-15-13-30(14-16-31)22-8-10-23(33-2)11-9-22/h5-12,17-18,20,28H,13-16,19H2,1-4H3,(H,29,32)/t20-,28-/m0/s1. The largest absolute Gasteiger partial charge is 0.497 e. The van der Waals surface area contributed by atoms with Gasteiger partial charge in [-0.15, -0.1) is 11.3 Å². The van der Waals surface area contributed by atoms with Crippen LogP contribution in [0.4, 0.5) is 5.69 Å². The molecule has 2 atom stereocenters. The lowest BCUT2D eigenvalue weighted by Gasteiger charge is -2.42. The predicted octanol–water partition coefficient (Wildman–Crippen LogP) is 4.38. The summed E-state index contributed by atoms with van der Waals surface area (Å²) in [5.74, 6) is 2.14. The van der Waals surface area contributed by atoms with E-state index < -0.39 is 0 Å². The first kappa shape index (κ1) is 25.9. The van der Waals surface area contributed by atoms with Crippen LogP contribution in [-0.4, -0.2) is 64.4 Å². The fourth-order valence-electron chi connectivity index (χ4n) is 4.81. The zero-order chi connectivity index (χ0) is 25.5. The number of hydrogen-bond acceptors (Lipinski definition) is 7. The summed E-state index contributed by atoms with van der Waals surface area (Å²) in [7, 11) is 4.89. The number of hydrogen-bond donors (Lipinski definition) is 1. The first-order valence-electron chi connectivity index (χ1n) is 12.2. The van der Waals surface area contributed by atoms with E-state index in [4.69, 9.17) is 14.2 Å². The number of nitrogens with one attached hydrogen (secondary N) is 1. The van der Waals surface area contributed by atoms with Gasteiger partial charge in [-0.05, 0) is 60.3 Å². The topological polar surface area (TPSA) is 63.3 Å². The van der Waals surface area contributed by atoms with Crippen LogP contribution < -0.4 is 24.4 Å². The molecule has 1 aliphatic rings. The first-order chi connectivity index (χ1) is 17.5. The second-order valence-electron chi connectivity index (χ2n) is 8.90. The van der Waals surface area contributed by atoms with Gasteiger partial charge in [-0.3, -0.25) is 9.69 Å². The summed E-state index contributed by atoms with van der Waals surface area (Å²) in [6, 6.07) is 18.2. The van der Waals surface area contributed by atoms with Crippen LogP contribution in [0, 0.1) is 0 Å². The van der Waals surface area contributed by atoms with Crippen LogP contribution in [0.25, 0.3) is 0 Å². The number of rotatable bonds is 10. The van der Waals surface area contributed by atoms with Crippen LogP contribution in [0.5, 0.6) is 17.2 Å². The Hall–Kier alpha value is -3.23. The first-order valence-corrected chi connectivity index (χ1v) is 13.1. The molecular formula is C28H35N3O4S. The molecule has 0 radical (unpaired) electrons. The normalized spacial score (nSPS) is 15.7. The minimum Gasteiger partial charge on any atom is -0.497 e. The molecule has 1 amide bonds. The number of thiophene rings is 1. The van der Waals surface area contributed by atoms with E-state index in [0.717, 1.165) is 37.5 Å². The Morgan fingerprint density at radius 1 is 0.944 bits per heavy atom. The number of amides is 1. The summed E-state index contributed by atoms with van der Waals surface area (Å²) < 4.78 is 16.0. The summed E-state index contributed by atoms with van der Waals surface area (Å²) in [6.45, 7) is 5.81. The molecule has 2 aromatic carbocycles. The second kappa shape index (κ2) is 12.1. The zero-order valence-electron chi connectivity index (χ0n) is 21.4. The quantitative estimate of drug-likeness (QED) is 0.438. The van der Waals surface area contributed by atoms with Crippen LogP contribution in [0.3, 0.4) is 0 Å². The molecule has 4 rings (SSSR count). The Labute approximate surface area is 217 Å². The highest BCUT2D eigenvalue weighted by Gasteiger charge is 2.31. The Morgan fingerprint density at radius 3 is 2.28 bits per heavy atom. The van der Waals surface area contributed by atoms with Crippen molar-refractivity contribution in [2.24, 2.45) is 0 Å². The number of carbonyl (C=O) groups is 1. The van der Waals surface area contributed by atoms with Crippen LogP contribution in [0.2, 0.25) is 0 Å². The van der Waals surface area contributed by atoms with Gasteiger partial charge in [-0.25, -0.2) is 0 Å². The van der Waals surface area contributed by atoms with Crippen LogP contribution in [-0.2, 0) is 11.2 Å².